The maximum Gasteiger partial charge on any atom is 0.208 e. The Bertz CT molecular complexity index is 642. The Kier molecular flexibility index (Phi) is 6.66. The number of hydrogen-bond acceptors (Lipinski definition) is 5. The standard InChI is InChI=1S/C18H27NO4S2/c1-25(20,21)19-18-8-11-24-13-16(18)12-23-17-4-2-14(3-5-17)15-6-9-22-10-7-15/h2-5,15-16,18-19H,6-13H2,1H3/t16-,18-/m0/s1. The highest BCUT2D eigenvalue weighted by atomic mass is 32.2. The van der Waals surface area contributed by atoms with Crippen LogP contribution in [0, 0.1) is 5.92 Å². The zero-order chi connectivity index (χ0) is 17.7. The molecular formula is C18H27NO4S2. The highest BCUT2D eigenvalue weighted by Crippen LogP contribution is 2.29. The summed E-state index contributed by atoms with van der Waals surface area (Å²) < 4.78 is 37.2. The highest BCUT2D eigenvalue weighted by Gasteiger charge is 2.28. The lowest BCUT2D eigenvalue weighted by Gasteiger charge is -2.31. The van der Waals surface area contributed by atoms with Crippen LogP contribution in [-0.2, 0) is 14.8 Å². The van der Waals surface area contributed by atoms with Crippen molar-refractivity contribution in [3.63, 3.8) is 0 Å². The molecule has 1 aromatic carbocycles. The number of thioether (sulfide) groups is 1. The van der Waals surface area contributed by atoms with Gasteiger partial charge in [0.15, 0.2) is 0 Å². The normalized spacial score (nSPS) is 25.6. The molecule has 1 N–H and O–H groups in total. The summed E-state index contributed by atoms with van der Waals surface area (Å²) in [6.07, 6.45) is 4.24. The molecule has 0 amide bonds. The lowest BCUT2D eigenvalue weighted by Crippen LogP contribution is -2.45. The van der Waals surface area contributed by atoms with Crippen molar-refractivity contribution in [2.24, 2.45) is 5.92 Å². The molecular weight excluding hydrogens is 358 g/mol. The van der Waals surface area contributed by atoms with E-state index >= 15 is 0 Å². The summed E-state index contributed by atoms with van der Waals surface area (Å²) in [5, 5.41) is 0. The van der Waals surface area contributed by atoms with Gasteiger partial charge in [-0.2, -0.15) is 11.8 Å². The molecule has 0 saturated carbocycles. The zero-order valence-corrected chi connectivity index (χ0v) is 16.3. The molecule has 2 fully saturated rings. The van der Waals surface area contributed by atoms with Gasteiger partial charge in [-0.1, -0.05) is 12.1 Å². The number of ether oxygens (including phenoxy) is 2. The van der Waals surface area contributed by atoms with Gasteiger partial charge in [-0.3, -0.25) is 0 Å². The maximum atomic E-state index is 11.5. The van der Waals surface area contributed by atoms with Gasteiger partial charge in [0.25, 0.3) is 0 Å². The second-order valence-electron chi connectivity index (χ2n) is 6.89. The van der Waals surface area contributed by atoms with E-state index in [9.17, 15) is 8.42 Å². The second kappa shape index (κ2) is 8.75. The van der Waals surface area contributed by atoms with Crippen molar-refractivity contribution in [1.82, 2.24) is 4.72 Å². The number of nitrogens with one attached hydrogen (secondary N) is 1. The van der Waals surface area contributed by atoms with Crippen LogP contribution in [0.2, 0.25) is 0 Å². The van der Waals surface area contributed by atoms with Crippen molar-refractivity contribution >= 4 is 21.8 Å². The fourth-order valence-electron chi connectivity index (χ4n) is 3.46. The predicted molar refractivity (Wildman–Crippen MR) is 102 cm³/mol. The van der Waals surface area contributed by atoms with Gasteiger partial charge < -0.3 is 9.47 Å². The van der Waals surface area contributed by atoms with Crippen molar-refractivity contribution in [2.45, 2.75) is 31.2 Å². The summed E-state index contributed by atoms with van der Waals surface area (Å²) in [5.41, 5.74) is 1.35. The van der Waals surface area contributed by atoms with E-state index in [4.69, 9.17) is 9.47 Å². The maximum absolute atomic E-state index is 11.5. The number of rotatable bonds is 6. The first-order valence-electron chi connectivity index (χ1n) is 8.87. The Morgan fingerprint density at radius 2 is 1.92 bits per heavy atom. The molecule has 7 heteroatoms. The van der Waals surface area contributed by atoms with E-state index in [0.29, 0.717) is 12.5 Å². The molecule has 2 aliphatic heterocycles. The molecule has 3 rings (SSSR count). The minimum atomic E-state index is -3.18. The second-order valence-corrected chi connectivity index (χ2v) is 9.82. The zero-order valence-electron chi connectivity index (χ0n) is 14.6. The van der Waals surface area contributed by atoms with Gasteiger partial charge in [-0.05, 0) is 48.6 Å². The van der Waals surface area contributed by atoms with E-state index in [0.717, 1.165) is 49.7 Å². The predicted octanol–water partition coefficient (Wildman–Crippen LogP) is 2.63. The van der Waals surface area contributed by atoms with Crippen LogP contribution in [0.3, 0.4) is 0 Å². The summed E-state index contributed by atoms with van der Waals surface area (Å²) in [4.78, 5) is 0. The Morgan fingerprint density at radius 1 is 1.20 bits per heavy atom. The van der Waals surface area contributed by atoms with Crippen molar-refractivity contribution in [1.29, 1.82) is 0 Å². The van der Waals surface area contributed by atoms with Crippen LogP contribution in [0.4, 0.5) is 0 Å². The van der Waals surface area contributed by atoms with Gasteiger partial charge in [0.05, 0.1) is 12.9 Å². The molecule has 0 spiro atoms. The smallest absolute Gasteiger partial charge is 0.208 e. The fourth-order valence-corrected chi connectivity index (χ4v) is 5.54. The average molecular weight is 386 g/mol. The molecule has 1 aromatic rings. The van der Waals surface area contributed by atoms with E-state index in [-0.39, 0.29) is 12.0 Å². The molecule has 0 aromatic heterocycles. The Morgan fingerprint density at radius 3 is 2.60 bits per heavy atom. The molecule has 2 saturated heterocycles. The molecule has 0 bridgehead atoms. The first-order valence-corrected chi connectivity index (χ1v) is 11.9. The van der Waals surface area contributed by atoms with Crippen LogP contribution >= 0.6 is 11.8 Å². The summed E-state index contributed by atoms with van der Waals surface area (Å²) in [6.45, 7) is 2.23. The molecule has 140 valence electrons. The van der Waals surface area contributed by atoms with Crippen LogP contribution in [0.5, 0.6) is 5.75 Å². The van der Waals surface area contributed by atoms with E-state index in [1.165, 1.54) is 11.8 Å². The molecule has 0 aliphatic carbocycles. The van der Waals surface area contributed by atoms with Crippen LogP contribution in [0.1, 0.15) is 30.7 Å². The van der Waals surface area contributed by atoms with Crippen LogP contribution in [-0.4, -0.2) is 52.0 Å². The third kappa shape index (κ3) is 5.88. The molecule has 2 heterocycles. The largest absolute Gasteiger partial charge is 0.493 e. The quantitative estimate of drug-likeness (QED) is 0.815. The van der Waals surface area contributed by atoms with Crippen molar-refractivity contribution in [3.8, 4) is 5.75 Å². The molecule has 2 atom stereocenters. The van der Waals surface area contributed by atoms with Crippen molar-refractivity contribution < 1.29 is 17.9 Å². The van der Waals surface area contributed by atoms with E-state index in [2.05, 4.69) is 16.9 Å². The van der Waals surface area contributed by atoms with E-state index in [1.807, 2.05) is 23.9 Å². The van der Waals surface area contributed by atoms with Gasteiger partial charge in [0, 0.05) is 30.9 Å². The average Bonchev–Trinajstić information content (AvgIpc) is 2.61. The third-order valence-corrected chi connectivity index (χ3v) is 6.80. The van der Waals surface area contributed by atoms with Gasteiger partial charge in [-0.15, -0.1) is 0 Å². The number of hydrogen-bond donors (Lipinski definition) is 1. The lowest BCUT2D eigenvalue weighted by atomic mass is 9.92. The van der Waals surface area contributed by atoms with Crippen LogP contribution < -0.4 is 9.46 Å². The first kappa shape index (κ1) is 19.0. The minimum absolute atomic E-state index is 0.0298. The van der Waals surface area contributed by atoms with Gasteiger partial charge >= 0.3 is 0 Å². The highest BCUT2D eigenvalue weighted by molar-refractivity contribution is 7.99. The number of sulfonamides is 1. The summed E-state index contributed by atoms with van der Waals surface area (Å²) in [5.74, 6) is 3.55. The van der Waals surface area contributed by atoms with Gasteiger partial charge in [0.1, 0.15) is 5.75 Å². The first-order chi connectivity index (χ1) is 12.0. The fraction of sp³-hybridized carbons (Fsp3) is 0.667. The summed E-state index contributed by atoms with van der Waals surface area (Å²) >= 11 is 1.86. The lowest BCUT2D eigenvalue weighted by molar-refractivity contribution is 0.0853. The topological polar surface area (TPSA) is 64.6 Å². The molecule has 25 heavy (non-hydrogen) atoms. The molecule has 2 aliphatic rings. The van der Waals surface area contributed by atoms with Gasteiger partial charge in [-0.25, -0.2) is 13.1 Å². The molecule has 5 nitrogen and oxygen atoms in total. The summed E-state index contributed by atoms with van der Waals surface area (Å²) in [6, 6.07) is 8.32. The van der Waals surface area contributed by atoms with Crippen molar-refractivity contribution in [2.75, 3.05) is 37.6 Å². The van der Waals surface area contributed by atoms with Gasteiger partial charge in [0.2, 0.25) is 10.0 Å². The SMILES string of the molecule is CS(=O)(=O)N[C@H]1CCSC[C@@H]1COc1ccc(C2CCOCC2)cc1. The Hall–Kier alpha value is -0.760. The third-order valence-electron chi connectivity index (χ3n) is 4.88. The van der Waals surface area contributed by atoms with Crippen LogP contribution in [0.15, 0.2) is 24.3 Å². The Balaban J connectivity index is 1.54. The van der Waals surface area contributed by atoms with Crippen LogP contribution in [0.25, 0.3) is 0 Å². The monoisotopic (exact) mass is 385 g/mol. The molecule has 0 radical (unpaired) electrons. The Labute approximate surface area is 154 Å². The number of benzene rings is 1. The van der Waals surface area contributed by atoms with E-state index in [1.54, 1.807) is 0 Å². The van der Waals surface area contributed by atoms with E-state index < -0.39 is 10.0 Å². The summed E-state index contributed by atoms with van der Waals surface area (Å²) in [7, 11) is -3.18. The molecule has 0 unspecified atom stereocenters. The van der Waals surface area contributed by atoms with Crippen molar-refractivity contribution in [3.05, 3.63) is 29.8 Å². The minimum Gasteiger partial charge on any atom is -0.493 e.